The number of hydrogen-bond acceptors (Lipinski definition) is 3. The van der Waals surface area contributed by atoms with Crippen molar-refractivity contribution in [2.24, 2.45) is 5.73 Å². The third-order valence-corrected chi connectivity index (χ3v) is 3.32. The maximum atomic E-state index is 10.7. The first kappa shape index (κ1) is 12.7. The summed E-state index contributed by atoms with van der Waals surface area (Å²) in [6.07, 6.45) is 0. The van der Waals surface area contributed by atoms with E-state index in [9.17, 15) is 4.79 Å². The van der Waals surface area contributed by atoms with Crippen molar-refractivity contribution >= 4 is 17.4 Å². The lowest BCUT2D eigenvalue weighted by Gasteiger charge is -2.35. The number of piperazine rings is 1. The molecule has 0 atom stereocenters. The lowest BCUT2D eigenvalue weighted by molar-refractivity contribution is 0.259. The number of urea groups is 1. The van der Waals surface area contributed by atoms with Crippen molar-refractivity contribution in [2.45, 2.75) is 6.92 Å². The Kier molecular flexibility index (Phi) is 4.04. The minimum absolute atomic E-state index is 0.528. The van der Waals surface area contributed by atoms with Gasteiger partial charge in [0.25, 0.3) is 0 Å². The second-order valence-electron chi connectivity index (χ2n) is 4.46. The van der Waals surface area contributed by atoms with E-state index < -0.39 is 6.03 Å². The zero-order valence-corrected chi connectivity index (χ0v) is 10.7. The molecule has 0 radical (unpaired) electrons. The number of benzene rings is 1. The van der Waals surface area contributed by atoms with Gasteiger partial charge in [0.15, 0.2) is 0 Å². The van der Waals surface area contributed by atoms with Crippen LogP contribution in [0.5, 0.6) is 0 Å². The molecule has 1 aromatic carbocycles. The molecule has 1 saturated heterocycles. The van der Waals surface area contributed by atoms with Crippen LogP contribution in [-0.2, 0) is 0 Å². The molecule has 1 aromatic rings. The minimum atomic E-state index is -0.528. The molecule has 0 unspecified atom stereocenters. The van der Waals surface area contributed by atoms with Gasteiger partial charge in [0.2, 0.25) is 0 Å². The summed E-state index contributed by atoms with van der Waals surface area (Å²) in [4.78, 5) is 15.5. The fourth-order valence-corrected chi connectivity index (χ4v) is 2.22. The van der Waals surface area contributed by atoms with Gasteiger partial charge in [-0.25, -0.2) is 4.79 Å². The highest BCUT2D eigenvalue weighted by atomic mass is 16.2. The summed E-state index contributed by atoms with van der Waals surface area (Å²) in [6, 6.07) is 7.28. The Morgan fingerprint density at radius 1 is 1.22 bits per heavy atom. The number of nitrogens with zero attached hydrogens (tertiary/aromatic N) is 2. The molecule has 5 nitrogen and oxygen atoms in total. The quantitative estimate of drug-likeness (QED) is 0.848. The Bertz CT molecular complexity index is 396. The van der Waals surface area contributed by atoms with E-state index in [0.29, 0.717) is 0 Å². The van der Waals surface area contributed by atoms with E-state index >= 15 is 0 Å². The predicted octanol–water partition coefficient (Wildman–Crippen LogP) is 1.32. The smallest absolute Gasteiger partial charge is 0.316 e. The Morgan fingerprint density at radius 3 is 2.33 bits per heavy atom. The third-order valence-electron chi connectivity index (χ3n) is 3.32. The normalized spacial score (nSPS) is 16.6. The summed E-state index contributed by atoms with van der Waals surface area (Å²) >= 11 is 0. The Balaban J connectivity index is 1.95. The number of hydrogen-bond donors (Lipinski definition) is 2. The molecule has 18 heavy (non-hydrogen) atoms. The number of nitrogens with two attached hydrogens (primary N) is 1. The molecular weight excluding hydrogens is 228 g/mol. The topological polar surface area (TPSA) is 61.6 Å². The molecule has 2 rings (SSSR count). The standard InChI is InChI=1S/C13H20N4O/c1-2-16-7-9-17(10-8-16)12-5-3-11(4-6-12)15-13(14)18/h3-6H,2,7-10H2,1H3,(H3,14,15,18). The number of amides is 2. The molecule has 0 aromatic heterocycles. The summed E-state index contributed by atoms with van der Waals surface area (Å²) in [7, 11) is 0. The molecule has 98 valence electrons. The molecule has 1 fully saturated rings. The van der Waals surface area contributed by atoms with Crippen molar-refractivity contribution < 1.29 is 4.79 Å². The van der Waals surface area contributed by atoms with E-state index in [1.165, 1.54) is 5.69 Å². The first-order chi connectivity index (χ1) is 8.69. The van der Waals surface area contributed by atoms with Crippen molar-refractivity contribution in [1.82, 2.24) is 4.90 Å². The van der Waals surface area contributed by atoms with Gasteiger partial charge in [-0.3, -0.25) is 0 Å². The first-order valence-corrected chi connectivity index (χ1v) is 6.33. The van der Waals surface area contributed by atoms with Crippen LogP contribution in [0, 0.1) is 0 Å². The summed E-state index contributed by atoms with van der Waals surface area (Å²) in [6.45, 7) is 7.64. The summed E-state index contributed by atoms with van der Waals surface area (Å²) in [5.74, 6) is 0. The molecule has 0 aliphatic carbocycles. The molecule has 5 heteroatoms. The number of carbonyl (C=O) groups is 1. The van der Waals surface area contributed by atoms with E-state index in [1.807, 2.05) is 24.3 Å². The third kappa shape index (κ3) is 3.13. The Hall–Kier alpha value is -1.75. The van der Waals surface area contributed by atoms with Crippen molar-refractivity contribution in [3.05, 3.63) is 24.3 Å². The molecule has 0 spiro atoms. The van der Waals surface area contributed by atoms with Crippen LogP contribution in [0.4, 0.5) is 16.2 Å². The van der Waals surface area contributed by atoms with Crippen molar-refractivity contribution in [3.63, 3.8) is 0 Å². The van der Waals surface area contributed by atoms with Gasteiger partial charge in [-0.05, 0) is 30.8 Å². The highest BCUT2D eigenvalue weighted by molar-refractivity contribution is 5.87. The van der Waals surface area contributed by atoms with Crippen LogP contribution in [-0.4, -0.2) is 43.7 Å². The predicted molar refractivity (Wildman–Crippen MR) is 74.0 cm³/mol. The highest BCUT2D eigenvalue weighted by Crippen LogP contribution is 2.19. The number of primary amides is 1. The zero-order valence-electron chi connectivity index (χ0n) is 10.7. The van der Waals surface area contributed by atoms with Crippen LogP contribution in [0.2, 0.25) is 0 Å². The number of anilines is 2. The zero-order chi connectivity index (χ0) is 13.0. The van der Waals surface area contributed by atoms with Gasteiger partial charge in [0.1, 0.15) is 0 Å². The highest BCUT2D eigenvalue weighted by Gasteiger charge is 2.15. The Morgan fingerprint density at radius 2 is 1.83 bits per heavy atom. The SMILES string of the molecule is CCN1CCN(c2ccc(NC(N)=O)cc2)CC1. The second-order valence-corrected chi connectivity index (χ2v) is 4.46. The fourth-order valence-electron chi connectivity index (χ4n) is 2.22. The monoisotopic (exact) mass is 248 g/mol. The number of nitrogens with one attached hydrogen (secondary N) is 1. The fraction of sp³-hybridized carbons (Fsp3) is 0.462. The number of carbonyl (C=O) groups excluding carboxylic acids is 1. The van der Waals surface area contributed by atoms with Crippen LogP contribution < -0.4 is 16.0 Å². The van der Waals surface area contributed by atoms with Crippen LogP contribution in [0.15, 0.2) is 24.3 Å². The maximum absolute atomic E-state index is 10.7. The number of rotatable bonds is 3. The molecule has 1 aliphatic rings. The Labute approximate surface area is 108 Å². The van der Waals surface area contributed by atoms with Gasteiger partial charge in [0.05, 0.1) is 0 Å². The molecule has 1 heterocycles. The largest absolute Gasteiger partial charge is 0.369 e. The van der Waals surface area contributed by atoms with Crippen LogP contribution in [0.1, 0.15) is 6.92 Å². The first-order valence-electron chi connectivity index (χ1n) is 6.33. The lowest BCUT2D eigenvalue weighted by Crippen LogP contribution is -2.46. The molecule has 0 saturated carbocycles. The molecular formula is C13H20N4O. The minimum Gasteiger partial charge on any atom is -0.369 e. The summed E-state index contributed by atoms with van der Waals surface area (Å²) in [5.41, 5.74) is 7.00. The van der Waals surface area contributed by atoms with Gasteiger partial charge in [-0.15, -0.1) is 0 Å². The van der Waals surface area contributed by atoms with Crippen molar-refractivity contribution in [3.8, 4) is 0 Å². The lowest BCUT2D eigenvalue weighted by atomic mass is 10.2. The van der Waals surface area contributed by atoms with Gasteiger partial charge >= 0.3 is 6.03 Å². The molecule has 2 amide bonds. The molecule has 1 aliphatic heterocycles. The maximum Gasteiger partial charge on any atom is 0.316 e. The van der Waals surface area contributed by atoms with E-state index in [1.54, 1.807) is 0 Å². The van der Waals surface area contributed by atoms with Gasteiger partial charge in [-0.1, -0.05) is 6.92 Å². The van der Waals surface area contributed by atoms with Crippen molar-refractivity contribution in [1.29, 1.82) is 0 Å². The molecule has 3 N–H and O–H groups in total. The second kappa shape index (κ2) is 5.73. The number of likely N-dealkylation sites (N-methyl/N-ethyl adjacent to an activating group) is 1. The van der Waals surface area contributed by atoms with E-state index in [0.717, 1.165) is 38.4 Å². The average molecular weight is 248 g/mol. The van der Waals surface area contributed by atoms with Gasteiger partial charge < -0.3 is 20.9 Å². The summed E-state index contributed by atoms with van der Waals surface area (Å²) < 4.78 is 0. The molecule has 0 bridgehead atoms. The van der Waals surface area contributed by atoms with Crippen LogP contribution in [0.3, 0.4) is 0 Å². The van der Waals surface area contributed by atoms with E-state index in [2.05, 4.69) is 22.0 Å². The van der Waals surface area contributed by atoms with Crippen molar-refractivity contribution in [2.75, 3.05) is 42.9 Å². The van der Waals surface area contributed by atoms with Crippen LogP contribution in [0.25, 0.3) is 0 Å². The average Bonchev–Trinajstić information content (AvgIpc) is 2.39. The van der Waals surface area contributed by atoms with E-state index in [4.69, 9.17) is 5.73 Å². The summed E-state index contributed by atoms with van der Waals surface area (Å²) in [5, 5.41) is 2.56. The van der Waals surface area contributed by atoms with E-state index in [-0.39, 0.29) is 0 Å². The van der Waals surface area contributed by atoms with Crippen LogP contribution >= 0.6 is 0 Å². The van der Waals surface area contributed by atoms with Gasteiger partial charge in [0, 0.05) is 37.6 Å². The van der Waals surface area contributed by atoms with Gasteiger partial charge in [-0.2, -0.15) is 0 Å².